The number of pyridine rings is 1. The summed E-state index contributed by atoms with van der Waals surface area (Å²) >= 11 is 6.06. The van der Waals surface area contributed by atoms with Crippen molar-refractivity contribution in [3.8, 4) is 11.4 Å². The summed E-state index contributed by atoms with van der Waals surface area (Å²) in [7, 11) is 0. The standard InChI is InChI=1S/C21H20ClN5O3/c22-18-9-8-16(27(29)30)12-17(18)21(28)24-13-14-11-20(19-7-3-4-10-23-19)26(25-14)15-5-1-2-6-15/h3-4,7-12,15H,1-2,5-6,13H2,(H,24,28). The van der Waals surface area contributed by atoms with Crippen LogP contribution in [0.3, 0.4) is 0 Å². The molecule has 154 valence electrons. The number of amides is 1. The number of nitrogens with one attached hydrogen (secondary N) is 1. The Morgan fingerprint density at radius 2 is 2.03 bits per heavy atom. The van der Waals surface area contributed by atoms with E-state index in [2.05, 4.69) is 10.3 Å². The number of nitrogens with zero attached hydrogens (tertiary/aromatic N) is 4. The summed E-state index contributed by atoms with van der Waals surface area (Å²) < 4.78 is 2.01. The highest BCUT2D eigenvalue weighted by Crippen LogP contribution is 2.33. The summed E-state index contributed by atoms with van der Waals surface area (Å²) in [5.41, 5.74) is 2.31. The molecule has 1 saturated carbocycles. The van der Waals surface area contributed by atoms with Crippen LogP contribution in [0.1, 0.15) is 47.8 Å². The van der Waals surface area contributed by atoms with Gasteiger partial charge in [-0.2, -0.15) is 5.10 Å². The summed E-state index contributed by atoms with van der Waals surface area (Å²) in [5.74, 6) is -0.487. The van der Waals surface area contributed by atoms with Gasteiger partial charge in [-0.1, -0.05) is 30.5 Å². The molecule has 0 spiro atoms. The van der Waals surface area contributed by atoms with Crippen LogP contribution < -0.4 is 5.32 Å². The van der Waals surface area contributed by atoms with Gasteiger partial charge in [-0.15, -0.1) is 0 Å². The van der Waals surface area contributed by atoms with Crippen LogP contribution in [0.2, 0.25) is 5.02 Å². The van der Waals surface area contributed by atoms with E-state index >= 15 is 0 Å². The molecule has 0 aliphatic heterocycles. The second-order valence-electron chi connectivity index (χ2n) is 7.22. The number of nitro benzene ring substituents is 1. The Labute approximate surface area is 178 Å². The number of benzene rings is 1. The van der Waals surface area contributed by atoms with E-state index in [1.807, 2.05) is 28.9 Å². The second-order valence-corrected chi connectivity index (χ2v) is 7.63. The van der Waals surface area contributed by atoms with E-state index in [0.29, 0.717) is 11.7 Å². The lowest BCUT2D eigenvalue weighted by Gasteiger charge is -2.13. The fourth-order valence-corrected chi connectivity index (χ4v) is 3.93. The number of nitro groups is 1. The van der Waals surface area contributed by atoms with Gasteiger partial charge in [0.2, 0.25) is 0 Å². The van der Waals surface area contributed by atoms with Crippen molar-refractivity contribution in [3.05, 3.63) is 75.1 Å². The molecular formula is C21H20ClN5O3. The van der Waals surface area contributed by atoms with Gasteiger partial charge in [-0.3, -0.25) is 24.6 Å². The first-order valence-corrected chi connectivity index (χ1v) is 10.1. The van der Waals surface area contributed by atoms with E-state index in [1.165, 1.54) is 31.0 Å². The predicted octanol–water partition coefficient (Wildman–Crippen LogP) is 4.55. The van der Waals surface area contributed by atoms with Gasteiger partial charge in [-0.25, -0.2) is 0 Å². The van der Waals surface area contributed by atoms with Crippen molar-refractivity contribution in [2.75, 3.05) is 0 Å². The number of hydrogen-bond donors (Lipinski definition) is 1. The largest absolute Gasteiger partial charge is 0.346 e. The molecule has 9 heteroatoms. The number of halogens is 1. The van der Waals surface area contributed by atoms with E-state index in [0.717, 1.165) is 24.2 Å². The third kappa shape index (κ3) is 4.18. The molecule has 1 aliphatic carbocycles. The van der Waals surface area contributed by atoms with Crippen molar-refractivity contribution in [2.24, 2.45) is 0 Å². The van der Waals surface area contributed by atoms with Gasteiger partial charge in [0, 0.05) is 18.3 Å². The molecule has 0 bridgehead atoms. The molecule has 4 rings (SSSR count). The molecule has 1 aliphatic rings. The molecule has 1 fully saturated rings. The number of aromatic nitrogens is 3. The third-order valence-corrected chi connectivity index (χ3v) is 5.55. The minimum atomic E-state index is -0.560. The minimum Gasteiger partial charge on any atom is -0.346 e. The summed E-state index contributed by atoms with van der Waals surface area (Å²) in [5, 5.41) is 18.6. The van der Waals surface area contributed by atoms with Gasteiger partial charge in [0.1, 0.15) is 0 Å². The highest BCUT2D eigenvalue weighted by atomic mass is 35.5. The van der Waals surface area contributed by atoms with E-state index < -0.39 is 10.8 Å². The van der Waals surface area contributed by atoms with Crippen LogP contribution >= 0.6 is 11.6 Å². The lowest BCUT2D eigenvalue weighted by atomic mass is 10.2. The molecule has 0 saturated heterocycles. The Kier molecular flexibility index (Phi) is 5.76. The van der Waals surface area contributed by atoms with Gasteiger partial charge in [0.25, 0.3) is 11.6 Å². The van der Waals surface area contributed by atoms with Crippen molar-refractivity contribution in [1.82, 2.24) is 20.1 Å². The van der Waals surface area contributed by atoms with Crippen LogP contribution in [0.15, 0.2) is 48.7 Å². The number of carbonyl (C=O) groups is 1. The molecule has 1 amide bonds. The Morgan fingerprint density at radius 3 is 2.73 bits per heavy atom. The summed E-state index contributed by atoms with van der Waals surface area (Å²) in [6.45, 7) is 0.178. The van der Waals surface area contributed by atoms with E-state index in [4.69, 9.17) is 16.7 Å². The fraction of sp³-hybridized carbons (Fsp3) is 0.286. The third-order valence-electron chi connectivity index (χ3n) is 5.22. The zero-order valence-electron chi connectivity index (χ0n) is 16.1. The first kappa shape index (κ1) is 20.0. The van der Waals surface area contributed by atoms with Gasteiger partial charge < -0.3 is 5.32 Å². The maximum Gasteiger partial charge on any atom is 0.270 e. The maximum atomic E-state index is 12.6. The molecule has 0 atom stereocenters. The molecule has 1 N–H and O–H groups in total. The van der Waals surface area contributed by atoms with E-state index in [1.54, 1.807) is 6.20 Å². The van der Waals surface area contributed by atoms with Gasteiger partial charge >= 0.3 is 0 Å². The molecular weight excluding hydrogens is 406 g/mol. The van der Waals surface area contributed by atoms with Crippen LogP contribution in [0.5, 0.6) is 0 Å². The quantitative estimate of drug-likeness (QED) is 0.461. The first-order chi connectivity index (χ1) is 14.5. The first-order valence-electron chi connectivity index (χ1n) is 9.75. The Hall–Kier alpha value is -3.26. The molecule has 2 heterocycles. The summed E-state index contributed by atoms with van der Waals surface area (Å²) in [6, 6.07) is 11.8. The molecule has 0 unspecified atom stereocenters. The van der Waals surface area contributed by atoms with Crippen molar-refractivity contribution in [1.29, 1.82) is 0 Å². The smallest absolute Gasteiger partial charge is 0.270 e. The highest BCUT2D eigenvalue weighted by molar-refractivity contribution is 6.33. The molecule has 0 radical (unpaired) electrons. The normalized spacial score (nSPS) is 14.0. The number of rotatable bonds is 6. The van der Waals surface area contributed by atoms with Crippen molar-refractivity contribution < 1.29 is 9.72 Å². The van der Waals surface area contributed by atoms with Crippen LogP contribution in [-0.2, 0) is 6.54 Å². The SMILES string of the molecule is O=C(NCc1cc(-c2ccccn2)n(C2CCCC2)n1)c1cc([N+](=O)[O-])ccc1Cl. The van der Waals surface area contributed by atoms with E-state index in [-0.39, 0.29) is 22.8 Å². The minimum absolute atomic E-state index is 0.0611. The molecule has 3 aromatic rings. The monoisotopic (exact) mass is 425 g/mol. The lowest BCUT2D eigenvalue weighted by molar-refractivity contribution is -0.384. The van der Waals surface area contributed by atoms with E-state index in [9.17, 15) is 14.9 Å². The molecule has 8 nitrogen and oxygen atoms in total. The van der Waals surface area contributed by atoms with Crippen molar-refractivity contribution >= 4 is 23.2 Å². The highest BCUT2D eigenvalue weighted by Gasteiger charge is 2.23. The molecule has 1 aromatic carbocycles. The number of hydrogen-bond acceptors (Lipinski definition) is 5. The van der Waals surface area contributed by atoms with Crippen molar-refractivity contribution in [3.63, 3.8) is 0 Å². The van der Waals surface area contributed by atoms with Crippen molar-refractivity contribution in [2.45, 2.75) is 38.3 Å². The molecule has 2 aromatic heterocycles. The Bertz CT molecular complexity index is 1080. The van der Waals surface area contributed by atoms with Gasteiger partial charge in [0.15, 0.2) is 0 Å². The number of non-ortho nitro benzene ring substituents is 1. The van der Waals surface area contributed by atoms with Crippen LogP contribution in [0.25, 0.3) is 11.4 Å². The van der Waals surface area contributed by atoms with Crippen LogP contribution in [-0.4, -0.2) is 25.6 Å². The topological polar surface area (TPSA) is 103 Å². The second kappa shape index (κ2) is 8.62. The Morgan fingerprint density at radius 1 is 1.23 bits per heavy atom. The van der Waals surface area contributed by atoms with Gasteiger partial charge in [-0.05, 0) is 37.1 Å². The van der Waals surface area contributed by atoms with Crippen LogP contribution in [0.4, 0.5) is 5.69 Å². The average molecular weight is 426 g/mol. The summed E-state index contributed by atoms with van der Waals surface area (Å²) in [6.07, 6.45) is 6.22. The Balaban J connectivity index is 1.56. The fourth-order valence-electron chi connectivity index (χ4n) is 3.73. The number of carbonyl (C=O) groups excluding carboxylic acids is 1. The average Bonchev–Trinajstić information content (AvgIpc) is 3.42. The zero-order valence-corrected chi connectivity index (χ0v) is 16.9. The maximum absolute atomic E-state index is 12.6. The lowest BCUT2D eigenvalue weighted by Crippen LogP contribution is -2.23. The molecule has 30 heavy (non-hydrogen) atoms. The summed E-state index contributed by atoms with van der Waals surface area (Å²) in [4.78, 5) is 27.4. The predicted molar refractivity (Wildman–Crippen MR) is 112 cm³/mol. The van der Waals surface area contributed by atoms with Crippen LogP contribution in [0, 0.1) is 10.1 Å². The zero-order chi connectivity index (χ0) is 21.1. The van der Waals surface area contributed by atoms with Gasteiger partial charge in [0.05, 0.1) is 45.2 Å².